The molecule has 1 N–H and O–H groups in total. The number of nitrogens with one attached hydrogen (secondary N) is 1. The van der Waals surface area contributed by atoms with Crippen LogP contribution in [0.3, 0.4) is 0 Å². The molecular weight excluding hydrogens is 301 g/mol. The standard InChI is InChI=1S/C18H21Cl2N/c1-4-9-21-18(14-7-6-13(3)16(19)11-14)15-8-5-12(2)10-17(15)20/h5-8,10-11,18,21H,4,9H2,1-3H3. The summed E-state index contributed by atoms with van der Waals surface area (Å²) >= 11 is 12.7. The molecule has 0 aliphatic rings. The Kier molecular flexibility index (Phi) is 5.69. The van der Waals surface area contributed by atoms with Crippen LogP contribution in [0, 0.1) is 13.8 Å². The molecule has 1 nitrogen and oxygen atoms in total. The molecule has 3 heteroatoms. The molecule has 0 aliphatic carbocycles. The molecule has 0 aromatic heterocycles. The van der Waals surface area contributed by atoms with Gasteiger partial charge in [0.25, 0.3) is 0 Å². The summed E-state index contributed by atoms with van der Waals surface area (Å²) < 4.78 is 0. The third-order valence-corrected chi connectivity index (χ3v) is 4.33. The van der Waals surface area contributed by atoms with Gasteiger partial charge in [-0.15, -0.1) is 0 Å². The predicted molar refractivity (Wildman–Crippen MR) is 92.5 cm³/mol. The van der Waals surface area contributed by atoms with Crippen LogP contribution in [0.4, 0.5) is 0 Å². The average Bonchev–Trinajstić information content (AvgIpc) is 2.44. The largest absolute Gasteiger partial charge is 0.306 e. The maximum Gasteiger partial charge on any atom is 0.0592 e. The summed E-state index contributed by atoms with van der Waals surface area (Å²) in [4.78, 5) is 0. The molecule has 0 radical (unpaired) electrons. The van der Waals surface area contributed by atoms with Gasteiger partial charge in [-0.1, -0.05) is 54.4 Å². The lowest BCUT2D eigenvalue weighted by atomic mass is 9.96. The van der Waals surface area contributed by atoms with Crippen LogP contribution in [0.15, 0.2) is 36.4 Å². The number of hydrogen-bond donors (Lipinski definition) is 1. The summed E-state index contributed by atoms with van der Waals surface area (Å²) in [7, 11) is 0. The second kappa shape index (κ2) is 7.31. The Labute approximate surface area is 137 Å². The molecule has 1 atom stereocenters. The SMILES string of the molecule is CCCNC(c1ccc(C)c(Cl)c1)c1ccc(C)cc1Cl. The van der Waals surface area contributed by atoms with Crippen molar-refractivity contribution in [2.75, 3.05) is 6.54 Å². The van der Waals surface area contributed by atoms with Crippen LogP contribution < -0.4 is 5.32 Å². The molecule has 2 aromatic carbocycles. The van der Waals surface area contributed by atoms with Crippen molar-refractivity contribution in [3.05, 3.63) is 68.7 Å². The number of benzene rings is 2. The van der Waals surface area contributed by atoms with E-state index in [0.717, 1.165) is 39.7 Å². The normalized spacial score (nSPS) is 12.4. The molecule has 21 heavy (non-hydrogen) atoms. The highest BCUT2D eigenvalue weighted by atomic mass is 35.5. The Bertz CT molecular complexity index is 623. The van der Waals surface area contributed by atoms with E-state index in [4.69, 9.17) is 23.2 Å². The summed E-state index contributed by atoms with van der Waals surface area (Å²) in [6, 6.07) is 12.5. The van der Waals surface area contributed by atoms with Crippen LogP contribution in [0.2, 0.25) is 10.0 Å². The number of hydrogen-bond acceptors (Lipinski definition) is 1. The number of halogens is 2. The first kappa shape index (κ1) is 16.4. The van der Waals surface area contributed by atoms with Crippen molar-refractivity contribution in [1.29, 1.82) is 0 Å². The van der Waals surface area contributed by atoms with Gasteiger partial charge in [-0.3, -0.25) is 0 Å². The highest BCUT2D eigenvalue weighted by Gasteiger charge is 2.17. The summed E-state index contributed by atoms with van der Waals surface area (Å²) in [6.07, 6.45) is 1.07. The van der Waals surface area contributed by atoms with E-state index in [9.17, 15) is 0 Å². The number of rotatable bonds is 5. The molecule has 0 saturated heterocycles. The van der Waals surface area contributed by atoms with E-state index >= 15 is 0 Å². The minimum Gasteiger partial charge on any atom is -0.306 e. The van der Waals surface area contributed by atoms with Crippen molar-refractivity contribution >= 4 is 23.2 Å². The Morgan fingerprint density at radius 1 is 1.00 bits per heavy atom. The monoisotopic (exact) mass is 321 g/mol. The van der Waals surface area contributed by atoms with Gasteiger partial charge in [-0.2, -0.15) is 0 Å². The van der Waals surface area contributed by atoms with Gasteiger partial charge in [0.1, 0.15) is 0 Å². The maximum absolute atomic E-state index is 6.45. The van der Waals surface area contributed by atoms with Crippen molar-refractivity contribution in [2.24, 2.45) is 0 Å². The molecule has 0 aliphatic heterocycles. The zero-order chi connectivity index (χ0) is 15.4. The molecule has 2 rings (SSSR count). The third kappa shape index (κ3) is 4.00. The summed E-state index contributed by atoms with van der Waals surface area (Å²) in [5, 5.41) is 5.15. The lowest BCUT2D eigenvalue weighted by Gasteiger charge is -2.21. The minimum absolute atomic E-state index is 0.0659. The van der Waals surface area contributed by atoms with E-state index in [1.165, 1.54) is 5.56 Å². The molecule has 0 amide bonds. The van der Waals surface area contributed by atoms with Crippen molar-refractivity contribution in [1.82, 2.24) is 5.32 Å². The second-order valence-electron chi connectivity index (χ2n) is 5.42. The van der Waals surface area contributed by atoms with Gasteiger partial charge in [0.15, 0.2) is 0 Å². The van der Waals surface area contributed by atoms with E-state index in [-0.39, 0.29) is 6.04 Å². The Balaban J connectivity index is 2.44. The summed E-state index contributed by atoms with van der Waals surface area (Å²) in [5.41, 5.74) is 4.49. The van der Waals surface area contributed by atoms with E-state index in [1.54, 1.807) is 0 Å². The zero-order valence-corrected chi connectivity index (χ0v) is 14.2. The molecule has 1 unspecified atom stereocenters. The van der Waals surface area contributed by atoms with Crippen molar-refractivity contribution < 1.29 is 0 Å². The van der Waals surface area contributed by atoms with Gasteiger partial charge in [-0.05, 0) is 61.2 Å². The molecule has 0 saturated carbocycles. The van der Waals surface area contributed by atoms with E-state index in [2.05, 4.69) is 36.5 Å². The smallest absolute Gasteiger partial charge is 0.0592 e. The Hall–Kier alpha value is -1.02. The van der Waals surface area contributed by atoms with Gasteiger partial charge < -0.3 is 5.32 Å². The lowest BCUT2D eigenvalue weighted by molar-refractivity contribution is 0.598. The van der Waals surface area contributed by atoms with Crippen molar-refractivity contribution in [2.45, 2.75) is 33.2 Å². The average molecular weight is 322 g/mol. The zero-order valence-electron chi connectivity index (χ0n) is 12.7. The Morgan fingerprint density at radius 2 is 1.76 bits per heavy atom. The van der Waals surface area contributed by atoms with Crippen molar-refractivity contribution in [3.63, 3.8) is 0 Å². The molecule has 2 aromatic rings. The van der Waals surface area contributed by atoms with Gasteiger partial charge in [-0.25, -0.2) is 0 Å². The van der Waals surface area contributed by atoms with Gasteiger partial charge >= 0.3 is 0 Å². The fraction of sp³-hybridized carbons (Fsp3) is 0.333. The van der Waals surface area contributed by atoms with E-state index in [1.807, 2.05) is 26.0 Å². The fourth-order valence-electron chi connectivity index (χ4n) is 2.35. The van der Waals surface area contributed by atoms with Gasteiger partial charge in [0.2, 0.25) is 0 Å². The van der Waals surface area contributed by atoms with Crippen LogP contribution in [-0.2, 0) is 0 Å². The molecule has 0 bridgehead atoms. The number of aryl methyl sites for hydroxylation is 2. The topological polar surface area (TPSA) is 12.0 Å². The first-order chi connectivity index (χ1) is 10.0. The first-order valence-corrected chi connectivity index (χ1v) is 8.04. The predicted octanol–water partition coefficient (Wildman–Crippen LogP) is 5.70. The van der Waals surface area contributed by atoms with Crippen LogP contribution in [0.25, 0.3) is 0 Å². The van der Waals surface area contributed by atoms with Gasteiger partial charge in [0.05, 0.1) is 6.04 Å². The highest BCUT2D eigenvalue weighted by molar-refractivity contribution is 6.32. The molecule has 0 spiro atoms. The lowest BCUT2D eigenvalue weighted by Crippen LogP contribution is -2.23. The minimum atomic E-state index is 0.0659. The molecular formula is C18H21Cl2N. The fourth-order valence-corrected chi connectivity index (χ4v) is 2.88. The summed E-state index contributed by atoms with van der Waals surface area (Å²) in [5.74, 6) is 0. The molecule has 0 fully saturated rings. The van der Waals surface area contributed by atoms with E-state index < -0.39 is 0 Å². The Morgan fingerprint density at radius 3 is 2.38 bits per heavy atom. The van der Waals surface area contributed by atoms with E-state index in [0.29, 0.717) is 0 Å². The maximum atomic E-state index is 6.45. The quantitative estimate of drug-likeness (QED) is 0.744. The summed E-state index contributed by atoms with van der Waals surface area (Å²) in [6.45, 7) is 7.15. The second-order valence-corrected chi connectivity index (χ2v) is 6.24. The van der Waals surface area contributed by atoms with Crippen LogP contribution in [0.1, 0.15) is 41.6 Å². The van der Waals surface area contributed by atoms with Crippen molar-refractivity contribution in [3.8, 4) is 0 Å². The highest BCUT2D eigenvalue weighted by Crippen LogP contribution is 2.31. The molecule has 112 valence electrons. The van der Waals surface area contributed by atoms with Crippen LogP contribution >= 0.6 is 23.2 Å². The van der Waals surface area contributed by atoms with Crippen LogP contribution in [-0.4, -0.2) is 6.54 Å². The van der Waals surface area contributed by atoms with Crippen LogP contribution in [0.5, 0.6) is 0 Å². The van der Waals surface area contributed by atoms with Gasteiger partial charge in [0, 0.05) is 10.0 Å². The molecule has 0 heterocycles. The first-order valence-electron chi connectivity index (χ1n) is 7.28. The third-order valence-electron chi connectivity index (χ3n) is 3.59.